The summed E-state index contributed by atoms with van der Waals surface area (Å²) in [5.41, 5.74) is -0.0376. The van der Waals surface area contributed by atoms with Gasteiger partial charge in [0.15, 0.2) is 0 Å². The van der Waals surface area contributed by atoms with Crippen LogP contribution in [0.3, 0.4) is 0 Å². The maximum Gasteiger partial charge on any atom is 0.407 e. The van der Waals surface area contributed by atoms with Gasteiger partial charge in [0.05, 0.1) is 19.1 Å². The SMILES string of the molecule is CC(C)C(=O)OCCCNC(=O)OCC(C)(C)C. The first-order chi connectivity index (χ1) is 8.22. The zero-order valence-electron chi connectivity index (χ0n) is 12.0. The van der Waals surface area contributed by atoms with Gasteiger partial charge in [0, 0.05) is 6.54 Å². The van der Waals surface area contributed by atoms with Crippen LogP contribution in [0.4, 0.5) is 4.79 Å². The number of nitrogens with one attached hydrogen (secondary N) is 1. The first-order valence-electron chi connectivity index (χ1n) is 6.29. The molecule has 0 fully saturated rings. The molecular weight excluding hydrogens is 234 g/mol. The van der Waals surface area contributed by atoms with E-state index in [1.807, 2.05) is 20.8 Å². The van der Waals surface area contributed by atoms with Crippen molar-refractivity contribution in [3.8, 4) is 0 Å². The third-order valence-corrected chi connectivity index (χ3v) is 1.94. The number of carbonyl (C=O) groups is 2. The molecule has 0 rings (SSSR count). The van der Waals surface area contributed by atoms with Crippen molar-refractivity contribution in [3.05, 3.63) is 0 Å². The molecule has 1 N–H and O–H groups in total. The summed E-state index contributed by atoms with van der Waals surface area (Å²) in [7, 11) is 0. The van der Waals surface area contributed by atoms with Crippen LogP contribution in [0.5, 0.6) is 0 Å². The Morgan fingerprint density at radius 1 is 1.17 bits per heavy atom. The van der Waals surface area contributed by atoms with E-state index >= 15 is 0 Å². The highest BCUT2D eigenvalue weighted by Crippen LogP contribution is 2.12. The van der Waals surface area contributed by atoms with Crippen molar-refractivity contribution >= 4 is 12.1 Å². The maximum absolute atomic E-state index is 11.3. The molecule has 0 radical (unpaired) electrons. The Morgan fingerprint density at radius 3 is 2.28 bits per heavy atom. The molecule has 0 saturated heterocycles. The Bertz CT molecular complexity index is 269. The number of amides is 1. The Hall–Kier alpha value is -1.26. The second-order valence-corrected chi connectivity index (χ2v) is 5.74. The van der Waals surface area contributed by atoms with E-state index in [4.69, 9.17) is 9.47 Å². The van der Waals surface area contributed by atoms with Gasteiger partial charge in [-0.05, 0) is 11.8 Å². The minimum Gasteiger partial charge on any atom is -0.465 e. The van der Waals surface area contributed by atoms with E-state index in [-0.39, 0.29) is 17.3 Å². The largest absolute Gasteiger partial charge is 0.465 e. The smallest absolute Gasteiger partial charge is 0.407 e. The molecule has 0 aromatic heterocycles. The summed E-state index contributed by atoms with van der Waals surface area (Å²) in [5.74, 6) is -0.333. The highest BCUT2D eigenvalue weighted by molar-refractivity contribution is 5.71. The van der Waals surface area contributed by atoms with Crippen LogP contribution in [0, 0.1) is 11.3 Å². The number of hydrogen-bond acceptors (Lipinski definition) is 4. The van der Waals surface area contributed by atoms with Crippen molar-refractivity contribution in [2.24, 2.45) is 11.3 Å². The third kappa shape index (κ3) is 9.93. The van der Waals surface area contributed by atoms with E-state index in [9.17, 15) is 9.59 Å². The monoisotopic (exact) mass is 259 g/mol. The summed E-state index contributed by atoms with van der Waals surface area (Å²) in [4.78, 5) is 22.4. The standard InChI is InChI=1S/C13H25NO4/c1-10(2)11(15)17-8-6-7-14-12(16)18-9-13(3,4)5/h10H,6-9H2,1-5H3,(H,14,16). The normalized spacial score (nSPS) is 11.2. The lowest BCUT2D eigenvalue weighted by molar-refractivity contribution is -0.147. The minimum atomic E-state index is -0.430. The quantitative estimate of drug-likeness (QED) is 0.587. The van der Waals surface area contributed by atoms with Gasteiger partial charge in [0.2, 0.25) is 0 Å². The van der Waals surface area contributed by atoms with Gasteiger partial charge >= 0.3 is 12.1 Å². The van der Waals surface area contributed by atoms with E-state index in [1.54, 1.807) is 13.8 Å². The van der Waals surface area contributed by atoms with E-state index in [0.717, 1.165) is 0 Å². The Balaban J connectivity index is 3.50. The fourth-order valence-corrected chi connectivity index (χ4v) is 0.935. The molecule has 5 heteroatoms. The van der Waals surface area contributed by atoms with Gasteiger partial charge in [-0.1, -0.05) is 34.6 Å². The van der Waals surface area contributed by atoms with Gasteiger partial charge in [-0.3, -0.25) is 4.79 Å². The Morgan fingerprint density at radius 2 is 1.78 bits per heavy atom. The first-order valence-corrected chi connectivity index (χ1v) is 6.29. The number of ether oxygens (including phenoxy) is 2. The fraction of sp³-hybridized carbons (Fsp3) is 0.846. The lowest BCUT2D eigenvalue weighted by Crippen LogP contribution is -2.29. The molecule has 0 aliphatic rings. The number of carbonyl (C=O) groups excluding carboxylic acids is 2. The highest BCUT2D eigenvalue weighted by Gasteiger charge is 2.13. The molecule has 0 heterocycles. The van der Waals surface area contributed by atoms with Gasteiger partial charge in [0.1, 0.15) is 0 Å². The van der Waals surface area contributed by atoms with Crippen LogP contribution >= 0.6 is 0 Å². The molecule has 0 aliphatic carbocycles. The van der Waals surface area contributed by atoms with Crippen LogP contribution in [-0.4, -0.2) is 31.8 Å². The van der Waals surface area contributed by atoms with Crippen molar-refractivity contribution < 1.29 is 19.1 Å². The molecule has 0 unspecified atom stereocenters. The second kappa shape index (κ2) is 7.95. The number of hydrogen-bond donors (Lipinski definition) is 1. The number of alkyl carbamates (subject to hydrolysis) is 1. The molecule has 0 aliphatic heterocycles. The topological polar surface area (TPSA) is 64.6 Å². The van der Waals surface area contributed by atoms with Gasteiger partial charge in [-0.25, -0.2) is 4.79 Å². The van der Waals surface area contributed by atoms with Crippen molar-refractivity contribution in [1.29, 1.82) is 0 Å². The van der Waals surface area contributed by atoms with Crippen molar-refractivity contribution in [1.82, 2.24) is 5.32 Å². The summed E-state index contributed by atoms with van der Waals surface area (Å²) in [5, 5.41) is 2.61. The molecular formula is C13H25NO4. The van der Waals surface area contributed by atoms with Crippen LogP contribution in [-0.2, 0) is 14.3 Å². The maximum atomic E-state index is 11.3. The van der Waals surface area contributed by atoms with Gasteiger partial charge in [0.25, 0.3) is 0 Å². The molecule has 0 atom stereocenters. The molecule has 0 saturated carbocycles. The van der Waals surface area contributed by atoms with Gasteiger partial charge in [-0.15, -0.1) is 0 Å². The third-order valence-electron chi connectivity index (χ3n) is 1.94. The van der Waals surface area contributed by atoms with Crippen LogP contribution < -0.4 is 5.32 Å². The Kier molecular flexibility index (Phi) is 7.39. The van der Waals surface area contributed by atoms with E-state index in [0.29, 0.717) is 26.2 Å². The van der Waals surface area contributed by atoms with Crippen molar-refractivity contribution in [2.45, 2.75) is 41.0 Å². The first kappa shape index (κ1) is 16.7. The zero-order valence-corrected chi connectivity index (χ0v) is 12.0. The predicted octanol–water partition coefficient (Wildman–Crippen LogP) is 2.35. The summed E-state index contributed by atoms with van der Waals surface area (Å²) < 4.78 is 9.98. The van der Waals surface area contributed by atoms with Crippen LogP contribution in [0.25, 0.3) is 0 Å². The van der Waals surface area contributed by atoms with Gasteiger partial charge < -0.3 is 14.8 Å². The van der Waals surface area contributed by atoms with Crippen LogP contribution in [0.2, 0.25) is 0 Å². The second-order valence-electron chi connectivity index (χ2n) is 5.74. The van der Waals surface area contributed by atoms with Crippen LogP contribution in [0.15, 0.2) is 0 Å². The van der Waals surface area contributed by atoms with E-state index < -0.39 is 6.09 Å². The summed E-state index contributed by atoms with van der Waals surface area (Å²) >= 11 is 0. The fourth-order valence-electron chi connectivity index (χ4n) is 0.935. The molecule has 0 bridgehead atoms. The number of esters is 1. The highest BCUT2D eigenvalue weighted by atomic mass is 16.5. The van der Waals surface area contributed by atoms with E-state index in [1.165, 1.54) is 0 Å². The summed E-state index contributed by atoms with van der Waals surface area (Å²) in [6.45, 7) is 10.7. The molecule has 1 amide bonds. The Labute approximate surface area is 109 Å². The molecule has 18 heavy (non-hydrogen) atoms. The average Bonchev–Trinajstić information content (AvgIpc) is 2.24. The lowest BCUT2D eigenvalue weighted by atomic mass is 9.99. The zero-order chi connectivity index (χ0) is 14.2. The van der Waals surface area contributed by atoms with Crippen LogP contribution in [0.1, 0.15) is 41.0 Å². The molecule has 0 aromatic rings. The molecule has 5 nitrogen and oxygen atoms in total. The van der Waals surface area contributed by atoms with Crippen molar-refractivity contribution in [3.63, 3.8) is 0 Å². The molecule has 106 valence electrons. The molecule has 0 aromatic carbocycles. The summed E-state index contributed by atoms with van der Waals surface area (Å²) in [6.07, 6.45) is 0.156. The molecule has 0 spiro atoms. The minimum absolute atomic E-state index is 0.0376. The lowest BCUT2D eigenvalue weighted by Gasteiger charge is -2.17. The van der Waals surface area contributed by atoms with E-state index in [2.05, 4.69) is 5.32 Å². The summed E-state index contributed by atoms with van der Waals surface area (Å²) in [6, 6.07) is 0. The predicted molar refractivity (Wildman–Crippen MR) is 69.2 cm³/mol. The van der Waals surface area contributed by atoms with Gasteiger partial charge in [-0.2, -0.15) is 0 Å². The number of rotatable bonds is 6. The van der Waals surface area contributed by atoms with Crippen molar-refractivity contribution in [2.75, 3.05) is 19.8 Å². The average molecular weight is 259 g/mol.